The van der Waals surface area contributed by atoms with E-state index in [1.807, 2.05) is 0 Å². The van der Waals surface area contributed by atoms with Gasteiger partial charge in [-0.1, -0.05) is 6.07 Å². The zero-order chi connectivity index (χ0) is 13.3. The second kappa shape index (κ2) is 5.28. The maximum absolute atomic E-state index is 13.6. The molecule has 2 rings (SSSR count). The minimum atomic E-state index is -0.616. The third-order valence-electron chi connectivity index (χ3n) is 2.37. The van der Waals surface area contributed by atoms with E-state index < -0.39 is 17.4 Å². The Labute approximate surface area is 119 Å². The van der Waals surface area contributed by atoms with Crippen molar-refractivity contribution in [3.05, 3.63) is 68.1 Å². The van der Waals surface area contributed by atoms with Crippen LogP contribution in [0.5, 0.6) is 0 Å². The summed E-state index contributed by atoms with van der Waals surface area (Å²) in [5, 5.41) is 0. The summed E-state index contributed by atoms with van der Waals surface area (Å²) < 4.78 is 27.2. The van der Waals surface area contributed by atoms with E-state index in [1.54, 1.807) is 6.07 Å². The van der Waals surface area contributed by atoms with Crippen molar-refractivity contribution in [2.45, 2.75) is 0 Å². The highest BCUT2D eigenvalue weighted by Crippen LogP contribution is 2.25. The number of ketones is 1. The van der Waals surface area contributed by atoms with Gasteiger partial charge in [-0.2, -0.15) is 0 Å². The Balaban J connectivity index is 2.51. The fraction of sp³-hybridized carbons (Fsp3) is 0. The molecule has 0 aliphatic heterocycles. The minimum absolute atomic E-state index is 0.0593. The molecule has 0 saturated carbocycles. The summed E-state index contributed by atoms with van der Waals surface area (Å²) in [4.78, 5) is 12.1. The van der Waals surface area contributed by atoms with Gasteiger partial charge in [-0.05, 0) is 62.2 Å². The predicted octanol–water partition coefficient (Wildman–Crippen LogP) is 4.72. The molecule has 0 radical (unpaired) electrons. The minimum Gasteiger partial charge on any atom is -0.288 e. The van der Waals surface area contributed by atoms with Crippen LogP contribution in [-0.2, 0) is 0 Å². The number of benzene rings is 2. The molecule has 0 N–H and O–H groups in total. The largest absolute Gasteiger partial charge is 0.288 e. The van der Waals surface area contributed by atoms with Crippen LogP contribution in [0, 0.1) is 11.6 Å². The summed E-state index contributed by atoms with van der Waals surface area (Å²) in [6.45, 7) is 0. The maximum Gasteiger partial charge on any atom is 0.197 e. The molecule has 0 saturated heterocycles. The molecule has 0 spiro atoms. The standard InChI is InChI=1S/C13H6Br2F2O/c14-8-2-1-3-11(17)12(8)13(18)7-4-5-10(16)9(15)6-7/h1-6H. The van der Waals surface area contributed by atoms with E-state index in [1.165, 1.54) is 24.3 Å². The van der Waals surface area contributed by atoms with Gasteiger partial charge in [-0.3, -0.25) is 4.79 Å². The van der Waals surface area contributed by atoms with E-state index >= 15 is 0 Å². The number of rotatable bonds is 2. The van der Waals surface area contributed by atoms with Gasteiger partial charge in [0.05, 0.1) is 10.0 Å². The van der Waals surface area contributed by atoms with Crippen molar-refractivity contribution in [3.63, 3.8) is 0 Å². The number of carbonyl (C=O) groups is 1. The lowest BCUT2D eigenvalue weighted by Crippen LogP contribution is -2.05. The molecule has 92 valence electrons. The smallest absolute Gasteiger partial charge is 0.197 e. The van der Waals surface area contributed by atoms with E-state index in [0.29, 0.717) is 4.47 Å². The summed E-state index contributed by atoms with van der Waals surface area (Å²) in [5.74, 6) is -1.59. The van der Waals surface area contributed by atoms with Crippen LogP contribution in [0.2, 0.25) is 0 Å². The molecular weight excluding hydrogens is 370 g/mol. The first-order valence-electron chi connectivity index (χ1n) is 4.94. The summed E-state index contributed by atoms with van der Waals surface area (Å²) >= 11 is 6.12. The Morgan fingerprint density at radius 1 is 0.944 bits per heavy atom. The molecule has 0 unspecified atom stereocenters. The summed E-state index contributed by atoms with van der Waals surface area (Å²) in [6.07, 6.45) is 0. The summed E-state index contributed by atoms with van der Waals surface area (Å²) in [7, 11) is 0. The molecule has 2 aromatic rings. The van der Waals surface area contributed by atoms with Crippen LogP contribution in [-0.4, -0.2) is 5.78 Å². The van der Waals surface area contributed by atoms with Gasteiger partial charge in [-0.25, -0.2) is 8.78 Å². The predicted molar refractivity (Wildman–Crippen MR) is 71.6 cm³/mol. The van der Waals surface area contributed by atoms with Gasteiger partial charge in [0.1, 0.15) is 11.6 Å². The van der Waals surface area contributed by atoms with Gasteiger partial charge >= 0.3 is 0 Å². The van der Waals surface area contributed by atoms with E-state index in [2.05, 4.69) is 31.9 Å². The number of carbonyl (C=O) groups excluding carboxylic acids is 1. The molecule has 0 aromatic heterocycles. The first-order chi connectivity index (χ1) is 8.50. The highest BCUT2D eigenvalue weighted by atomic mass is 79.9. The van der Waals surface area contributed by atoms with Gasteiger partial charge in [-0.15, -0.1) is 0 Å². The van der Waals surface area contributed by atoms with Gasteiger partial charge < -0.3 is 0 Å². The molecule has 1 nitrogen and oxygen atoms in total. The third kappa shape index (κ3) is 2.52. The van der Waals surface area contributed by atoms with Crippen molar-refractivity contribution in [3.8, 4) is 0 Å². The lowest BCUT2D eigenvalue weighted by molar-refractivity contribution is 0.103. The van der Waals surface area contributed by atoms with Crippen molar-refractivity contribution < 1.29 is 13.6 Å². The fourth-order valence-electron chi connectivity index (χ4n) is 1.50. The van der Waals surface area contributed by atoms with Gasteiger partial charge in [0.25, 0.3) is 0 Å². The molecule has 0 aliphatic carbocycles. The molecule has 0 atom stereocenters. The molecule has 18 heavy (non-hydrogen) atoms. The van der Waals surface area contributed by atoms with Crippen molar-refractivity contribution >= 4 is 37.6 Å². The highest BCUT2D eigenvalue weighted by Gasteiger charge is 2.18. The number of hydrogen-bond donors (Lipinski definition) is 0. The van der Waals surface area contributed by atoms with Gasteiger partial charge in [0, 0.05) is 10.0 Å². The van der Waals surface area contributed by atoms with Crippen molar-refractivity contribution in [1.29, 1.82) is 0 Å². The van der Waals surface area contributed by atoms with Gasteiger partial charge in [0.15, 0.2) is 5.78 Å². The van der Waals surface area contributed by atoms with Crippen LogP contribution in [0.15, 0.2) is 45.3 Å². The second-order valence-corrected chi connectivity index (χ2v) is 5.26. The molecule has 5 heteroatoms. The third-order valence-corrected chi connectivity index (χ3v) is 3.64. The van der Waals surface area contributed by atoms with Crippen LogP contribution >= 0.6 is 31.9 Å². The molecule has 0 amide bonds. The fourth-order valence-corrected chi connectivity index (χ4v) is 2.40. The molecule has 0 heterocycles. The first kappa shape index (κ1) is 13.4. The highest BCUT2D eigenvalue weighted by molar-refractivity contribution is 9.10. The van der Waals surface area contributed by atoms with Crippen LogP contribution in [0.25, 0.3) is 0 Å². The molecule has 2 aromatic carbocycles. The zero-order valence-electron chi connectivity index (χ0n) is 8.88. The van der Waals surface area contributed by atoms with Crippen LogP contribution < -0.4 is 0 Å². The van der Waals surface area contributed by atoms with E-state index in [0.717, 1.165) is 6.07 Å². The quantitative estimate of drug-likeness (QED) is 0.694. The Kier molecular flexibility index (Phi) is 3.92. The Morgan fingerprint density at radius 3 is 2.28 bits per heavy atom. The van der Waals surface area contributed by atoms with Crippen LogP contribution in [0.1, 0.15) is 15.9 Å². The van der Waals surface area contributed by atoms with Crippen molar-refractivity contribution in [1.82, 2.24) is 0 Å². The van der Waals surface area contributed by atoms with E-state index in [4.69, 9.17) is 0 Å². The lowest BCUT2D eigenvalue weighted by atomic mass is 10.0. The zero-order valence-corrected chi connectivity index (χ0v) is 12.1. The Hall–Kier alpha value is -1.07. The number of halogens is 4. The average Bonchev–Trinajstić information content (AvgIpc) is 2.32. The van der Waals surface area contributed by atoms with E-state index in [9.17, 15) is 13.6 Å². The first-order valence-corrected chi connectivity index (χ1v) is 6.53. The van der Waals surface area contributed by atoms with Crippen molar-refractivity contribution in [2.75, 3.05) is 0 Å². The normalized spacial score (nSPS) is 10.4. The average molecular weight is 376 g/mol. The molecular formula is C13H6Br2F2O. The molecule has 0 fully saturated rings. The maximum atomic E-state index is 13.6. The van der Waals surface area contributed by atoms with Crippen LogP contribution in [0.3, 0.4) is 0 Å². The lowest BCUT2D eigenvalue weighted by Gasteiger charge is -2.06. The van der Waals surface area contributed by atoms with Crippen LogP contribution in [0.4, 0.5) is 8.78 Å². The second-order valence-electron chi connectivity index (χ2n) is 3.55. The topological polar surface area (TPSA) is 17.1 Å². The summed E-state index contributed by atoms with van der Waals surface area (Å²) in [5.41, 5.74) is 0.157. The van der Waals surface area contributed by atoms with E-state index in [-0.39, 0.29) is 15.6 Å². The molecule has 0 aliphatic rings. The van der Waals surface area contributed by atoms with Gasteiger partial charge in [0.2, 0.25) is 0 Å². The summed E-state index contributed by atoms with van der Waals surface area (Å²) in [6, 6.07) is 8.09. The SMILES string of the molecule is O=C(c1ccc(F)c(Br)c1)c1c(F)cccc1Br. The Morgan fingerprint density at radius 2 is 1.67 bits per heavy atom. The Bertz CT molecular complexity index is 606. The van der Waals surface area contributed by atoms with Crippen molar-refractivity contribution in [2.24, 2.45) is 0 Å². The number of hydrogen-bond acceptors (Lipinski definition) is 1. The monoisotopic (exact) mass is 374 g/mol. The molecule has 0 bridgehead atoms.